The van der Waals surface area contributed by atoms with E-state index in [4.69, 9.17) is 9.26 Å². The lowest BCUT2D eigenvalue weighted by Gasteiger charge is -2.09. The standard InChI is InChI=1S/C19H19FN4O3/c1-11-4-2-6-13(16(11)20)14-9-23-27-17(14)15-10-21-18(24-15)19(25)22-8-12-5-3-7-26-12/h2,4,6,9-10,12H,3,5,7-8H2,1H3,(H,21,24)(H,22,25)/t12-/m0/s1. The maximum absolute atomic E-state index is 14.5. The molecule has 27 heavy (non-hydrogen) atoms. The quantitative estimate of drug-likeness (QED) is 0.720. The van der Waals surface area contributed by atoms with Gasteiger partial charge in [0.2, 0.25) is 0 Å². The average Bonchev–Trinajstić information content (AvgIpc) is 3.42. The first kappa shape index (κ1) is 17.4. The summed E-state index contributed by atoms with van der Waals surface area (Å²) in [4.78, 5) is 19.4. The van der Waals surface area contributed by atoms with Gasteiger partial charge in [-0.2, -0.15) is 0 Å². The summed E-state index contributed by atoms with van der Waals surface area (Å²) in [5.41, 5.74) is 1.76. The van der Waals surface area contributed by atoms with E-state index in [0.29, 0.717) is 34.7 Å². The van der Waals surface area contributed by atoms with Crippen molar-refractivity contribution >= 4 is 5.91 Å². The van der Waals surface area contributed by atoms with Gasteiger partial charge in [-0.25, -0.2) is 9.37 Å². The van der Waals surface area contributed by atoms with Gasteiger partial charge in [-0.1, -0.05) is 23.4 Å². The predicted molar refractivity (Wildman–Crippen MR) is 95.5 cm³/mol. The molecule has 1 aliphatic heterocycles. The highest BCUT2D eigenvalue weighted by Gasteiger charge is 2.21. The molecule has 140 valence electrons. The first-order chi connectivity index (χ1) is 13.1. The zero-order chi connectivity index (χ0) is 18.8. The van der Waals surface area contributed by atoms with E-state index < -0.39 is 0 Å². The van der Waals surface area contributed by atoms with Gasteiger partial charge in [0.15, 0.2) is 11.6 Å². The van der Waals surface area contributed by atoms with Crippen molar-refractivity contribution in [2.45, 2.75) is 25.9 Å². The first-order valence-corrected chi connectivity index (χ1v) is 8.79. The number of amides is 1. The largest absolute Gasteiger partial charge is 0.376 e. The second kappa shape index (κ2) is 7.32. The molecule has 1 atom stereocenters. The minimum absolute atomic E-state index is 0.0496. The molecule has 0 aliphatic carbocycles. The predicted octanol–water partition coefficient (Wildman–Crippen LogP) is 3.09. The molecular formula is C19H19FN4O3. The lowest BCUT2D eigenvalue weighted by Crippen LogP contribution is -2.32. The minimum atomic E-state index is -0.341. The molecule has 3 heterocycles. The van der Waals surface area contributed by atoms with Gasteiger partial charge in [0, 0.05) is 24.9 Å². The van der Waals surface area contributed by atoms with E-state index >= 15 is 0 Å². The summed E-state index contributed by atoms with van der Waals surface area (Å²) in [6, 6.07) is 5.11. The third-order valence-electron chi connectivity index (χ3n) is 4.59. The lowest BCUT2D eigenvalue weighted by molar-refractivity contribution is 0.0850. The van der Waals surface area contributed by atoms with Crippen molar-refractivity contribution in [3.05, 3.63) is 47.8 Å². The normalized spacial score (nSPS) is 16.6. The van der Waals surface area contributed by atoms with Crippen molar-refractivity contribution in [3.63, 3.8) is 0 Å². The van der Waals surface area contributed by atoms with Crippen LogP contribution in [0.1, 0.15) is 29.0 Å². The van der Waals surface area contributed by atoms with Crippen LogP contribution in [0.2, 0.25) is 0 Å². The lowest BCUT2D eigenvalue weighted by atomic mass is 10.0. The Morgan fingerprint density at radius 2 is 2.30 bits per heavy atom. The number of halogens is 1. The molecule has 0 saturated carbocycles. The number of hydrogen-bond acceptors (Lipinski definition) is 5. The van der Waals surface area contributed by atoms with Crippen LogP contribution in [0, 0.1) is 12.7 Å². The molecule has 0 spiro atoms. The Kier molecular flexibility index (Phi) is 4.72. The Morgan fingerprint density at radius 1 is 1.41 bits per heavy atom. The first-order valence-electron chi connectivity index (χ1n) is 8.79. The van der Waals surface area contributed by atoms with Crippen molar-refractivity contribution in [2.24, 2.45) is 0 Å². The van der Waals surface area contributed by atoms with Crippen LogP contribution in [0.5, 0.6) is 0 Å². The fourth-order valence-electron chi connectivity index (χ4n) is 3.12. The van der Waals surface area contributed by atoms with Crippen LogP contribution in [-0.4, -0.2) is 40.3 Å². The smallest absolute Gasteiger partial charge is 0.287 e. The Hall–Kier alpha value is -3.00. The van der Waals surface area contributed by atoms with E-state index in [0.717, 1.165) is 19.4 Å². The number of nitrogens with one attached hydrogen (secondary N) is 2. The number of rotatable bonds is 5. The van der Waals surface area contributed by atoms with E-state index in [1.807, 2.05) is 0 Å². The number of carbonyl (C=O) groups excluding carboxylic acids is 1. The molecular weight excluding hydrogens is 351 g/mol. The molecule has 1 amide bonds. The van der Waals surface area contributed by atoms with Crippen LogP contribution < -0.4 is 5.32 Å². The van der Waals surface area contributed by atoms with Crippen LogP contribution in [0.3, 0.4) is 0 Å². The minimum Gasteiger partial charge on any atom is -0.376 e. The highest BCUT2D eigenvalue weighted by Crippen LogP contribution is 2.33. The van der Waals surface area contributed by atoms with Crippen LogP contribution >= 0.6 is 0 Å². The van der Waals surface area contributed by atoms with Crippen molar-refractivity contribution in [2.75, 3.05) is 13.2 Å². The van der Waals surface area contributed by atoms with E-state index in [2.05, 4.69) is 20.4 Å². The fraction of sp³-hybridized carbons (Fsp3) is 0.316. The molecule has 1 fully saturated rings. The molecule has 3 aromatic rings. The molecule has 0 radical (unpaired) electrons. The average molecular weight is 370 g/mol. The Morgan fingerprint density at radius 3 is 3.11 bits per heavy atom. The monoisotopic (exact) mass is 370 g/mol. The second-order valence-corrected chi connectivity index (χ2v) is 6.48. The number of carbonyl (C=O) groups is 1. The molecule has 2 aromatic heterocycles. The molecule has 8 heteroatoms. The molecule has 0 unspecified atom stereocenters. The van der Waals surface area contributed by atoms with E-state index in [-0.39, 0.29) is 23.7 Å². The number of hydrogen-bond donors (Lipinski definition) is 2. The Labute approximate surface area is 154 Å². The molecule has 1 aliphatic rings. The van der Waals surface area contributed by atoms with E-state index in [9.17, 15) is 9.18 Å². The number of imidazole rings is 1. The summed E-state index contributed by atoms with van der Waals surface area (Å²) in [6.45, 7) is 2.86. The number of benzene rings is 1. The molecule has 1 aromatic carbocycles. The van der Waals surface area contributed by atoms with Gasteiger partial charge in [0.05, 0.1) is 17.9 Å². The second-order valence-electron chi connectivity index (χ2n) is 6.48. The summed E-state index contributed by atoms with van der Waals surface area (Å²) >= 11 is 0. The van der Waals surface area contributed by atoms with Crippen molar-refractivity contribution in [1.82, 2.24) is 20.4 Å². The number of nitrogens with zero attached hydrogens (tertiary/aromatic N) is 2. The fourth-order valence-corrected chi connectivity index (χ4v) is 3.12. The summed E-state index contributed by atoms with van der Waals surface area (Å²) in [7, 11) is 0. The molecule has 2 N–H and O–H groups in total. The van der Waals surface area contributed by atoms with Gasteiger partial charge < -0.3 is 19.6 Å². The van der Waals surface area contributed by atoms with Crippen LogP contribution in [0.15, 0.2) is 35.1 Å². The Balaban J connectivity index is 1.55. The molecule has 7 nitrogen and oxygen atoms in total. The van der Waals surface area contributed by atoms with Gasteiger partial charge >= 0.3 is 0 Å². The van der Waals surface area contributed by atoms with E-state index in [1.54, 1.807) is 31.3 Å². The molecule has 4 rings (SSSR count). The van der Waals surface area contributed by atoms with Gasteiger partial charge in [-0.05, 0) is 25.3 Å². The summed E-state index contributed by atoms with van der Waals surface area (Å²) in [5.74, 6) is -0.226. The number of aryl methyl sites for hydroxylation is 1. The summed E-state index contributed by atoms with van der Waals surface area (Å²) in [6.07, 6.45) is 4.98. The topological polar surface area (TPSA) is 93.0 Å². The van der Waals surface area contributed by atoms with Gasteiger partial charge in [-0.15, -0.1) is 0 Å². The summed E-state index contributed by atoms with van der Waals surface area (Å²) < 4.78 is 25.2. The molecule has 0 bridgehead atoms. The maximum atomic E-state index is 14.5. The zero-order valence-electron chi connectivity index (χ0n) is 14.8. The number of ether oxygens (including phenoxy) is 1. The third-order valence-corrected chi connectivity index (χ3v) is 4.59. The highest BCUT2D eigenvalue weighted by atomic mass is 19.1. The van der Waals surface area contributed by atoms with Crippen molar-refractivity contribution in [1.29, 1.82) is 0 Å². The number of H-pyrrole nitrogens is 1. The van der Waals surface area contributed by atoms with Gasteiger partial charge in [0.25, 0.3) is 5.91 Å². The van der Waals surface area contributed by atoms with Crippen LogP contribution in [0.25, 0.3) is 22.6 Å². The number of aromatic amines is 1. The van der Waals surface area contributed by atoms with Crippen LogP contribution in [0.4, 0.5) is 4.39 Å². The maximum Gasteiger partial charge on any atom is 0.287 e. The molecule has 1 saturated heterocycles. The van der Waals surface area contributed by atoms with Gasteiger partial charge in [-0.3, -0.25) is 4.79 Å². The Bertz CT molecular complexity index is 960. The third kappa shape index (κ3) is 3.48. The summed E-state index contributed by atoms with van der Waals surface area (Å²) in [5, 5.41) is 6.57. The number of aromatic nitrogens is 3. The van der Waals surface area contributed by atoms with E-state index in [1.165, 1.54) is 6.20 Å². The zero-order valence-corrected chi connectivity index (χ0v) is 14.8. The highest BCUT2D eigenvalue weighted by molar-refractivity contribution is 5.91. The van der Waals surface area contributed by atoms with Crippen LogP contribution in [-0.2, 0) is 4.74 Å². The van der Waals surface area contributed by atoms with Gasteiger partial charge in [0.1, 0.15) is 11.5 Å². The van der Waals surface area contributed by atoms with Crippen molar-refractivity contribution in [3.8, 4) is 22.6 Å². The van der Waals surface area contributed by atoms with Crippen molar-refractivity contribution < 1.29 is 18.4 Å². The SMILES string of the molecule is Cc1cccc(-c2cnoc2-c2c[nH]c(C(=O)NC[C@@H]3CCCO3)n2)c1F.